The van der Waals surface area contributed by atoms with E-state index in [0.29, 0.717) is 6.54 Å². The van der Waals surface area contributed by atoms with Gasteiger partial charge in [0.15, 0.2) is 5.41 Å². The van der Waals surface area contributed by atoms with Gasteiger partial charge in [-0.15, -0.1) is 0 Å². The molecule has 0 aliphatic carbocycles. The van der Waals surface area contributed by atoms with E-state index in [2.05, 4.69) is 22.0 Å². The van der Waals surface area contributed by atoms with Gasteiger partial charge < -0.3 is 9.64 Å². The Balaban J connectivity index is 1.93. The minimum atomic E-state index is -0.952. The van der Waals surface area contributed by atoms with Gasteiger partial charge in [0.05, 0.1) is 19.3 Å². The Morgan fingerprint density at radius 2 is 2.32 bits per heavy atom. The van der Waals surface area contributed by atoms with Crippen LogP contribution in [-0.4, -0.2) is 37.6 Å². The number of nitriles is 1. The molecule has 0 N–H and O–H groups in total. The summed E-state index contributed by atoms with van der Waals surface area (Å²) in [6.45, 7) is 1.02. The highest BCUT2D eigenvalue weighted by molar-refractivity contribution is 9.10. The lowest BCUT2D eigenvalue weighted by atomic mass is 9.86. The van der Waals surface area contributed by atoms with Gasteiger partial charge in [-0.2, -0.15) is 5.26 Å². The summed E-state index contributed by atoms with van der Waals surface area (Å²) in [7, 11) is 1.73. The molecular formula is C14H15BrN2O2. The molecular weight excluding hydrogens is 308 g/mol. The van der Waals surface area contributed by atoms with Gasteiger partial charge in [0.25, 0.3) is 0 Å². The summed E-state index contributed by atoms with van der Waals surface area (Å²) in [5.41, 5.74) is 0.205. The van der Waals surface area contributed by atoms with E-state index in [1.807, 2.05) is 24.3 Å². The summed E-state index contributed by atoms with van der Waals surface area (Å²) in [6.07, 6.45) is 0.768. The fraction of sp³-hybridized carbons (Fsp3) is 0.429. The first-order valence-corrected chi connectivity index (χ1v) is 6.86. The third-order valence-electron chi connectivity index (χ3n) is 3.29. The van der Waals surface area contributed by atoms with Crippen LogP contribution in [0.5, 0.6) is 0 Å². The van der Waals surface area contributed by atoms with Crippen molar-refractivity contribution in [2.45, 2.75) is 6.42 Å². The molecule has 0 radical (unpaired) electrons. The first kappa shape index (κ1) is 14.0. The second-order valence-corrected chi connectivity index (χ2v) is 5.71. The second kappa shape index (κ2) is 5.72. The Hall–Kier alpha value is -1.38. The van der Waals surface area contributed by atoms with Gasteiger partial charge >= 0.3 is 0 Å². The number of benzene rings is 1. The molecule has 1 aromatic rings. The molecule has 1 aliphatic rings. The number of amides is 1. The molecule has 1 fully saturated rings. The van der Waals surface area contributed by atoms with Crippen LogP contribution in [0.3, 0.4) is 0 Å². The topological polar surface area (TPSA) is 53.3 Å². The lowest BCUT2D eigenvalue weighted by Gasteiger charge is -2.36. The maximum Gasteiger partial charge on any atom is 0.247 e. The standard InChI is InChI=1S/C14H15BrN2O2/c1-17(13(18)14(8-16)9-19-10-14)6-5-11-3-2-4-12(15)7-11/h2-4,7H,5-6,9-10H2,1H3. The predicted octanol–water partition coefficient (Wildman–Crippen LogP) is 1.99. The Kier molecular flexibility index (Phi) is 4.23. The van der Waals surface area contributed by atoms with E-state index in [-0.39, 0.29) is 19.1 Å². The maximum absolute atomic E-state index is 12.2. The Bertz CT molecular complexity index is 520. The molecule has 0 unspecified atom stereocenters. The van der Waals surface area contributed by atoms with Crippen LogP contribution in [0.25, 0.3) is 0 Å². The summed E-state index contributed by atoms with van der Waals surface area (Å²) in [6, 6.07) is 10.1. The van der Waals surface area contributed by atoms with Crippen molar-refractivity contribution in [3.8, 4) is 6.07 Å². The van der Waals surface area contributed by atoms with Crippen LogP contribution in [0.4, 0.5) is 0 Å². The second-order valence-electron chi connectivity index (χ2n) is 4.79. The highest BCUT2D eigenvalue weighted by Gasteiger charge is 2.47. The fourth-order valence-electron chi connectivity index (χ4n) is 2.00. The van der Waals surface area contributed by atoms with Crippen molar-refractivity contribution in [2.24, 2.45) is 5.41 Å². The van der Waals surface area contributed by atoms with Crippen LogP contribution in [-0.2, 0) is 16.0 Å². The number of nitrogens with zero attached hydrogens (tertiary/aromatic N) is 2. The van der Waals surface area contributed by atoms with Crippen molar-refractivity contribution in [1.29, 1.82) is 5.26 Å². The van der Waals surface area contributed by atoms with Gasteiger partial charge in [-0.3, -0.25) is 4.79 Å². The highest BCUT2D eigenvalue weighted by Crippen LogP contribution is 2.28. The zero-order valence-corrected chi connectivity index (χ0v) is 12.3. The Labute approximate surface area is 121 Å². The first-order valence-electron chi connectivity index (χ1n) is 6.06. The lowest BCUT2D eigenvalue weighted by molar-refractivity contribution is -0.159. The average molecular weight is 323 g/mol. The largest absolute Gasteiger partial charge is 0.377 e. The Morgan fingerprint density at radius 1 is 1.58 bits per heavy atom. The third kappa shape index (κ3) is 2.96. The Morgan fingerprint density at radius 3 is 2.84 bits per heavy atom. The van der Waals surface area contributed by atoms with Gasteiger partial charge in [0.2, 0.25) is 5.91 Å². The van der Waals surface area contributed by atoms with Crippen molar-refractivity contribution < 1.29 is 9.53 Å². The number of carbonyl (C=O) groups is 1. The van der Waals surface area contributed by atoms with E-state index in [9.17, 15) is 4.79 Å². The van der Waals surface area contributed by atoms with Crippen molar-refractivity contribution >= 4 is 21.8 Å². The van der Waals surface area contributed by atoms with Crippen molar-refractivity contribution in [3.05, 3.63) is 34.3 Å². The zero-order valence-electron chi connectivity index (χ0n) is 10.7. The molecule has 1 amide bonds. The summed E-state index contributed by atoms with van der Waals surface area (Å²) in [4.78, 5) is 13.8. The molecule has 0 atom stereocenters. The summed E-state index contributed by atoms with van der Waals surface area (Å²) >= 11 is 3.42. The van der Waals surface area contributed by atoms with E-state index < -0.39 is 5.41 Å². The van der Waals surface area contributed by atoms with Crippen LogP contribution in [0.15, 0.2) is 28.7 Å². The minimum absolute atomic E-state index is 0.142. The summed E-state index contributed by atoms with van der Waals surface area (Å²) < 4.78 is 6.03. The van der Waals surface area contributed by atoms with E-state index >= 15 is 0 Å². The molecule has 0 bridgehead atoms. The molecule has 0 spiro atoms. The summed E-state index contributed by atoms with van der Waals surface area (Å²) in [5, 5.41) is 9.09. The fourth-order valence-corrected chi connectivity index (χ4v) is 2.44. The van der Waals surface area contributed by atoms with E-state index in [1.54, 1.807) is 11.9 Å². The van der Waals surface area contributed by atoms with Crippen LogP contribution < -0.4 is 0 Å². The van der Waals surface area contributed by atoms with E-state index in [0.717, 1.165) is 16.5 Å². The quantitative estimate of drug-likeness (QED) is 0.851. The van der Waals surface area contributed by atoms with Crippen molar-refractivity contribution in [3.63, 3.8) is 0 Å². The maximum atomic E-state index is 12.2. The van der Waals surface area contributed by atoms with E-state index in [1.165, 1.54) is 0 Å². The molecule has 100 valence electrons. The number of ether oxygens (including phenoxy) is 1. The predicted molar refractivity (Wildman–Crippen MR) is 74.3 cm³/mol. The monoisotopic (exact) mass is 322 g/mol. The zero-order chi connectivity index (χ0) is 13.9. The number of carbonyl (C=O) groups excluding carboxylic acids is 1. The number of rotatable bonds is 4. The molecule has 1 saturated heterocycles. The molecule has 0 aromatic heterocycles. The van der Waals surface area contributed by atoms with Crippen molar-refractivity contribution in [2.75, 3.05) is 26.8 Å². The molecule has 2 rings (SSSR count). The van der Waals surface area contributed by atoms with Gasteiger partial charge in [-0.25, -0.2) is 0 Å². The smallest absolute Gasteiger partial charge is 0.247 e. The summed E-state index contributed by atoms with van der Waals surface area (Å²) in [5.74, 6) is -0.142. The number of halogens is 1. The van der Waals surface area contributed by atoms with E-state index in [4.69, 9.17) is 10.00 Å². The van der Waals surface area contributed by atoms with Crippen molar-refractivity contribution in [1.82, 2.24) is 4.90 Å². The normalized spacial score (nSPS) is 16.3. The molecule has 1 aliphatic heterocycles. The molecule has 1 heterocycles. The molecule has 1 aromatic carbocycles. The SMILES string of the molecule is CN(CCc1cccc(Br)c1)C(=O)C1(C#N)COC1. The highest BCUT2D eigenvalue weighted by atomic mass is 79.9. The minimum Gasteiger partial charge on any atom is -0.377 e. The molecule has 4 nitrogen and oxygen atoms in total. The van der Waals surface area contributed by atoms with Gasteiger partial charge in [-0.05, 0) is 24.1 Å². The van der Waals surface area contributed by atoms with Gasteiger partial charge in [-0.1, -0.05) is 28.1 Å². The number of hydrogen-bond acceptors (Lipinski definition) is 3. The molecule has 0 saturated carbocycles. The van der Waals surface area contributed by atoms with Crippen LogP contribution in [0.1, 0.15) is 5.56 Å². The van der Waals surface area contributed by atoms with Gasteiger partial charge in [0, 0.05) is 18.1 Å². The molecule has 19 heavy (non-hydrogen) atoms. The third-order valence-corrected chi connectivity index (χ3v) is 3.79. The van der Waals surface area contributed by atoms with Crippen LogP contribution >= 0.6 is 15.9 Å². The number of hydrogen-bond donors (Lipinski definition) is 0. The van der Waals surface area contributed by atoms with Crippen LogP contribution in [0.2, 0.25) is 0 Å². The number of likely N-dealkylation sites (N-methyl/N-ethyl adjacent to an activating group) is 1. The van der Waals surface area contributed by atoms with Crippen LogP contribution in [0, 0.1) is 16.7 Å². The first-order chi connectivity index (χ1) is 9.07. The molecule has 5 heteroatoms. The lowest BCUT2D eigenvalue weighted by Crippen LogP contribution is -2.53. The van der Waals surface area contributed by atoms with Gasteiger partial charge in [0.1, 0.15) is 0 Å². The average Bonchev–Trinajstić information content (AvgIpc) is 2.35.